The Morgan fingerprint density at radius 2 is 1.89 bits per heavy atom. The molecule has 6 nitrogen and oxygen atoms in total. The Balaban J connectivity index is 0.00000225. The van der Waals surface area contributed by atoms with Crippen LogP contribution in [-0.4, -0.2) is 50.2 Å². The van der Waals surface area contributed by atoms with Gasteiger partial charge in [0.2, 0.25) is 5.91 Å². The molecule has 1 aromatic carbocycles. The van der Waals surface area contributed by atoms with Crippen molar-refractivity contribution < 1.29 is 14.3 Å². The van der Waals surface area contributed by atoms with E-state index in [1.165, 1.54) is 0 Å². The molecule has 2 fully saturated rings. The van der Waals surface area contributed by atoms with Gasteiger partial charge >= 0.3 is 0 Å². The van der Waals surface area contributed by atoms with Crippen molar-refractivity contribution in [2.24, 2.45) is 11.1 Å². The third-order valence-corrected chi connectivity index (χ3v) is 6.43. The zero-order chi connectivity index (χ0) is 18.9. The number of nitrogens with two attached hydrogens (primary N) is 1. The minimum Gasteiger partial charge on any atom is -0.486 e. The summed E-state index contributed by atoms with van der Waals surface area (Å²) in [6, 6.07) is 6.12. The smallest absolute Gasteiger partial charge is 0.234 e. The van der Waals surface area contributed by atoms with Crippen molar-refractivity contribution in [1.82, 2.24) is 10.2 Å². The van der Waals surface area contributed by atoms with Gasteiger partial charge in [0.05, 0.1) is 12.1 Å². The third kappa shape index (κ3) is 4.24. The van der Waals surface area contributed by atoms with Gasteiger partial charge in [0.1, 0.15) is 13.2 Å². The van der Waals surface area contributed by atoms with E-state index in [1.807, 2.05) is 6.07 Å². The lowest BCUT2D eigenvalue weighted by molar-refractivity contribution is -0.124. The monoisotopic (exact) mass is 409 g/mol. The SMILES string of the molecule is CC1(CN)CCN(CC(=O)NC2(c3ccc4c(c3)OCCO4)CCCC2)C1.Cl. The lowest BCUT2D eigenvalue weighted by atomic mass is 9.87. The summed E-state index contributed by atoms with van der Waals surface area (Å²) < 4.78 is 11.4. The number of nitrogens with zero attached hydrogens (tertiary/aromatic N) is 1. The van der Waals surface area contributed by atoms with E-state index in [4.69, 9.17) is 15.2 Å². The maximum Gasteiger partial charge on any atom is 0.234 e. The summed E-state index contributed by atoms with van der Waals surface area (Å²) in [6.07, 6.45) is 5.26. The lowest BCUT2D eigenvalue weighted by Gasteiger charge is -2.33. The Bertz CT molecular complexity index is 708. The first kappa shape index (κ1) is 21.2. The van der Waals surface area contributed by atoms with Crippen molar-refractivity contribution in [2.75, 3.05) is 39.4 Å². The summed E-state index contributed by atoms with van der Waals surface area (Å²) in [5, 5.41) is 3.38. The molecule has 1 saturated heterocycles. The van der Waals surface area contributed by atoms with Crippen LogP contribution in [0.3, 0.4) is 0 Å². The van der Waals surface area contributed by atoms with E-state index in [1.54, 1.807) is 0 Å². The normalized spacial score (nSPS) is 25.9. The van der Waals surface area contributed by atoms with Gasteiger partial charge in [-0.1, -0.05) is 25.8 Å². The molecule has 156 valence electrons. The summed E-state index contributed by atoms with van der Waals surface area (Å²) in [4.78, 5) is 15.1. The average molecular weight is 410 g/mol. The molecule has 1 saturated carbocycles. The number of hydrogen-bond acceptors (Lipinski definition) is 5. The standard InChI is InChI=1S/C21H31N3O3.ClH/c1-20(14-22)8-9-24(15-20)13-19(25)23-21(6-2-3-7-21)16-4-5-17-18(12-16)27-11-10-26-17;/h4-5,12H,2-3,6-11,13-15,22H2,1H3,(H,23,25);1H. The van der Waals surface area contributed by atoms with Crippen molar-refractivity contribution in [2.45, 2.75) is 44.6 Å². The van der Waals surface area contributed by atoms with Crippen LogP contribution in [0, 0.1) is 5.41 Å². The fraction of sp³-hybridized carbons (Fsp3) is 0.667. The molecule has 4 rings (SSSR count). The second-order valence-corrected chi connectivity index (χ2v) is 8.67. The molecule has 1 unspecified atom stereocenters. The molecule has 1 amide bonds. The van der Waals surface area contributed by atoms with E-state index in [2.05, 4.69) is 29.3 Å². The molecule has 3 aliphatic rings. The number of benzene rings is 1. The van der Waals surface area contributed by atoms with Crippen LogP contribution in [0.5, 0.6) is 11.5 Å². The van der Waals surface area contributed by atoms with Crippen molar-refractivity contribution in [3.8, 4) is 11.5 Å². The molecular formula is C21H32ClN3O3. The second kappa shape index (κ2) is 8.47. The van der Waals surface area contributed by atoms with E-state index in [0.717, 1.165) is 62.3 Å². The minimum absolute atomic E-state index is 0. The van der Waals surface area contributed by atoms with Gasteiger partial charge in [0, 0.05) is 6.54 Å². The fourth-order valence-electron chi connectivity index (χ4n) is 4.74. The molecule has 0 aromatic heterocycles. The molecule has 0 spiro atoms. The van der Waals surface area contributed by atoms with Crippen LogP contribution in [0.15, 0.2) is 18.2 Å². The van der Waals surface area contributed by atoms with Crippen LogP contribution >= 0.6 is 12.4 Å². The molecule has 28 heavy (non-hydrogen) atoms. The molecule has 0 bridgehead atoms. The number of likely N-dealkylation sites (tertiary alicyclic amines) is 1. The number of halogens is 1. The molecule has 0 radical (unpaired) electrons. The predicted octanol–water partition coefficient (Wildman–Crippen LogP) is 2.44. The maximum atomic E-state index is 12.9. The number of ether oxygens (including phenoxy) is 2. The highest BCUT2D eigenvalue weighted by atomic mass is 35.5. The number of carbonyl (C=O) groups excluding carboxylic acids is 1. The van der Waals surface area contributed by atoms with E-state index in [9.17, 15) is 4.79 Å². The van der Waals surface area contributed by atoms with Gasteiger partial charge in [-0.2, -0.15) is 0 Å². The number of hydrogen-bond donors (Lipinski definition) is 2. The number of amides is 1. The fourth-order valence-corrected chi connectivity index (χ4v) is 4.74. The number of fused-ring (bicyclic) bond motifs is 1. The highest BCUT2D eigenvalue weighted by Crippen LogP contribution is 2.42. The molecule has 2 heterocycles. The summed E-state index contributed by atoms with van der Waals surface area (Å²) >= 11 is 0. The van der Waals surface area contributed by atoms with Crippen LogP contribution in [0.2, 0.25) is 0 Å². The molecule has 2 aliphatic heterocycles. The van der Waals surface area contributed by atoms with Crippen LogP contribution < -0.4 is 20.5 Å². The van der Waals surface area contributed by atoms with Crippen molar-refractivity contribution in [3.05, 3.63) is 23.8 Å². The van der Waals surface area contributed by atoms with E-state index in [-0.39, 0.29) is 29.3 Å². The maximum absolute atomic E-state index is 12.9. The summed E-state index contributed by atoms with van der Waals surface area (Å²) in [6.45, 7) is 6.33. The molecule has 1 aliphatic carbocycles. The zero-order valence-corrected chi connectivity index (χ0v) is 17.5. The van der Waals surface area contributed by atoms with E-state index in [0.29, 0.717) is 26.3 Å². The van der Waals surface area contributed by atoms with Crippen molar-refractivity contribution in [3.63, 3.8) is 0 Å². The molecular weight excluding hydrogens is 378 g/mol. The number of rotatable bonds is 5. The summed E-state index contributed by atoms with van der Waals surface area (Å²) in [5.41, 5.74) is 6.88. The van der Waals surface area contributed by atoms with E-state index < -0.39 is 0 Å². The van der Waals surface area contributed by atoms with Gasteiger partial charge in [0.15, 0.2) is 11.5 Å². The van der Waals surface area contributed by atoms with Crippen LogP contribution in [0.25, 0.3) is 0 Å². The average Bonchev–Trinajstić information content (AvgIpc) is 3.29. The van der Waals surface area contributed by atoms with Crippen molar-refractivity contribution in [1.29, 1.82) is 0 Å². The van der Waals surface area contributed by atoms with Gasteiger partial charge in [-0.25, -0.2) is 0 Å². The summed E-state index contributed by atoms with van der Waals surface area (Å²) in [5.74, 6) is 1.69. The minimum atomic E-state index is -0.288. The van der Waals surface area contributed by atoms with Crippen LogP contribution in [0.1, 0.15) is 44.6 Å². The molecule has 7 heteroatoms. The quantitative estimate of drug-likeness (QED) is 0.781. The Morgan fingerprint density at radius 3 is 2.57 bits per heavy atom. The number of nitrogens with one attached hydrogen (secondary N) is 1. The highest BCUT2D eigenvalue weighted by Gasteiger charge is 2.39. The van der Waals surface area contributed by atoms with Crippen molar-refractivity contribution >= 4 is 18.3 Å². The highest BCUT2D eigenvalue weighted by molar-refractivity contribution is 5.85. The van der Waals surface area contributed by atoms with Crippen LogP contribution in [-0.2, 0) is 10.3 Å². The van der Waals surface area contributed by atoms with Gasteiger partial charge in [-0.15, -0.1) is 12.4 Å². The van der Waals surface area contributed by atoms with Crippen LogP contribution in [0.4, 0.5) is 0 Å². The topological polar surface area (TPSA) is 76.8 Å². The molecule has 3 N–H and O–H groups in total. The first-order valence-corrected chi connectivity index (χ1v) is 10.2. The Labute approximate surface area is 173 Å². The van der Waals surface area contributed by atoms with Gasteiger partial charge < -0.3 is 20.5 Å². The predicted molar refractivity (Wildman–Crippen MR) is 111 cm³/mol. The molecule has 1 aromatic rings. The summed E-state index contributed by atoms with van der Waals surface area (Å²) in [7, 11) is 0. The largest absolute Gasteiger partial charge is 0.486 e. The Morgan fingerprint density at radius 1 is 1.18 bits per heavy atom. The second-order valence-electron chi connectivity index (χ2n) is 8.67. The third-order valence-electron chi connectivity index (χ3n) is 6.43. The number of carbonyl (C=O) groups is 1. The first-order valence-electron chi connectivity index (χ1n) is 10.2. The van der Waals surface area contributed by atoms with Gasteiger partial charge in [0.25, 0.3) is 0 Å². The lowest BCUT2D eigenvalue weighted by Crippen LogP contribution is -2.48. The Kier molecular flexibility index (Phi) is 6.42. The zero-order valence-electron chi connectivity index (χ0n) is 16.7. The molecule has 1 atom stereocenters. The van der Waals surface area contributed by atoms with E-state index >= 15 is 0 Å². The van der Waals surface area contributed by atoms with Gasteiger partial charge in [-0.3, -0.25) is 9.69 Å². The van der Waals surface area contributed by atoms with Gasteiger partial charge in [-0.05, 0) is 55.5 Å². The first-order chi connectivity index (χ1) is 13.0. The Hall–Kier alpha value is -1.50.